The molecule has 3 rings (SSSR count). The second-order valence-corrected chi connectivity index (χ2v) is 5.29. The SMILES string of the molecule is CCCOc1ccc(-c2nnc(Cc3ccc(N)cc3)o2)cc1. The first-order valence-electron chi connectivity index (χ1n) is 7.64. The molecule has 0 aliphatic heterocycles. The number of aromatic nitrogens is 2. The molecule has 0 spiro atoms. The van der Waals surface area contributed by atoms with Gasteiger partial charge >= 0.3 is 0 Å². The Balaban J connectivity index is 1.69. The molecule has 1 heterocycles. The predicted molar refractivity (Wildman–Crippen MR) is 89.2 cm³/mol. The summed E-state index contributed by atoms with van der Waals surface area (Å²) in [4.78, 5) is 0. The van der Waals surface area contributed by atoms with Crippen LogP contribution in [0, 0.1) is 0 Å². The van der Waals surface area contributed by atoms with E-state index in [0.29, 0.717) is 24.8 Å². The van der Waals surface area contributed by atoms with Gasteiger partial charge in [-0.3, -0.25) is 0 Å². The van der Waals surface area contributed by atoms with Crippen molar-refractivity contribution in [1.82, 2.24) is 10.2 Å². The van der Waals surface area contributed by atoms with Crippen molar-refractivity contribution in [3.63, 3.8) is 0 Å². The average Bonchev–Trinajstić information content (AvgIpc) is 3.04. The largest absolute Gasteiger partial charge is 0.494 e. The van der Waals surface area contributed by atoms with E-state index in [-0.39, 0.29) is 0 Å². The molecule has 5 heteroatoms. The lowest BCUT2D eigenvalue weighted by molar-refractivity contribution is 0.317. The molecule has 0 aliphatic rings. The highest BCUT2D eigenvalue weighted by Gasteiger charge is 2.09. The van der Waals surface area contributed by atoms with Gasteiger partial charge in [0.05, 0.1) is 13.0 Å². The third-order valence-corrected chi connectivity index (χ3v) is 3.38. The fourth-order valence-corrected chi connectivity index (χ4v) is 2.17. The van der Waals surface area contributed by atoms with Crippen LogP contribution in [-0.2, 0) is 6.42 Å². The molecule has 0 saturated carbocycles. The summed E-state index contributed by atoms with van der Waals surface area (Å²) in [5.74, 6) is 1.94. The quantitative estimate of drug-likeness (QED) is 0.703. The summed E-state index contributed by atoms with van der Waals surface area (Å²) >= 11 is 0. The molecule has 0 fully saturated rings. The molecule has 1 aromatic heterocycles. The van der Waals surface area contributed by atoms with Crippen molar-refractivity contribution in [2.75, 3.05) is 12.3 Å². The maximum atomic E-state index is 5.73. The van der Waals surface area contributed by atoms with E-state index in [9.17, 15) is 0 Å². The van der Waals surface area contributed by atoms with Crippen molar-refractivity contribution < 1.29 is 9.15 Å². The summed E-state index contributed by atoms with van der Waals surface area (Å²) < 4.78 is 11.3. The minimum absolute atomic E-state index is 0.512. The van der Waals surface area contributed by atoms with E-state index < -0.39 is 0 Å². The zero-order valence-electron chi connectivity index (χ0n) is 13.0. The molecule has 0 radical (unpaired) electrons. The van der Waals surface area contributed by atoms with Gasteiger partial charge in [-0.05, 0) is 48.4 Å². The van der Waals surface area contributed by atoms with Crippen LogP contribution >= 0.6 is 0 Å². The maximum Gasteiger partial charge on any atom is 0.247 e. The first-order chi connectivity index (χ1) is 11.2. The van der Waals surface area contributed by atoms with Crippen molar-refractivity contribution in [3.05, 3.63) is 60.0 Å². The first-order valence-corrected chi connectivity index (χ1v) is 7.64. The maximum absolute atomic E-state index is 5.73. The molecule has 23 heavy (non-hydrogen) atoms. The van der Waals surface area contributed by atoms with E-state index in [1.54, 1.807) is 0 Å². The Morgan fingerprint density at radius 1 is 1.00 bits per heavy atom. The number of ether oxygens (including phenoxy) is 1. The van der Waals surface area contributed by atoms with E-state index in [0.717, 1.165) is 29.0 Å². The van der Waals surface area contributed by atoms with Crippen molar-refractivity contribution in [3.8, 4) is 17.2 Å². The number of hydrogen-bond acceptors (Lipinski definition) is 5. The van der Waals surface area contributed by atoms with Crippen molar-refractivity contribution in [1.29, 1.82) is 0 Å². The third-order valence-electron chi connectivity index (χ3n) is 3.38. The highest BCUT2D eigenvalue weighted by Crippen LogP contribution is 2.22. The highest BCUT2D eigenvalue weighted by atomic mass is 16.5. The average molecular weight is 309 g/mol. The number of benzene rings is 2. The Labute approximate surface area is 135 Å². The van der Waals surface area contributed by atoms with Crippen LogP contribution < -0.4 is 10.5 Å². The normalized spacial score (nSPS) is 10.7. The summed E-state index contributed by atoms with van der Waals surface area (Å²) in [6.07, 6.45) is 1.57. The molecule has 0 atom stereocenters. The van der Waals surface area contributed by atoms with Gasteiger partial charge in [0.2, 0.25) is 11.8 Å². The Kier molecular flexibility index (Phi) is 4.57. The zero-order chi connectivity index (χ0) is 16.1. The minimum Gasteiger partial charge on any atom is -0.494 e. The Morgan fingerprint density at radius 2 is 1.74 bits per heavy atom. The number of rotatable bonds is 6. The standard InChI is InChI=1S/C18H19N3O2/c1-2-11-22-16-9-5-14(6-10-16)18-21-20-17(23-18)12-13-3-7-15(19)8-4-13/h3-10H,2,11-12,19H2,1H3. The Morgan fingerprint density at radius 3 is 2.43 bits per heavy atom. The fraction of sp³-hybridized carbons (Fsp3) is 0.222. The van der Waals surface area contributed by atoms with E-state index >= 15 is 0 Å². The van der Waals surface area contributed by atoms with Gasteiger partial charge in [-0.15, -0.1) is 10.2 Å². The molecule has 0 unspecified atom stereocenters. The molecule has 0 saturated heterocycles. The smallest absolute Gasteiger partial charge is 0.247 e. The van der Waals surface area contributed by atoms with Gasteiger partial charge in [0.1, 0.15) is 5.75 Å². The zero-order valence-corrected chi connectivity index (χ0v) is 13.0. The second kappa shape index (κ2) is 6.96. The van der Waals surface area contributed by atoms with E-state index in [1.807, 2.05) is 48.5 Å². The lowest BCUT2D eigenvalue weighted by atomic mass is 10.1. The van der Waals surface area contributed by atoms with Gasteiger partial charge in [0.15, 0.2) is 0 Å². The summed E-state index contributed by atoms with van der Waals surface area (Å²) in [5, 5.41) is 8.21. The molecule has 3 aromatic rings. The van der Waals surface area contributed by atoms with Gasteiger partial charge in [-0.25, -0.2) is 0 Å². The molecule has 2 N–H and O–H groups in total. The van der Waals surface area contributed by atoms with Gasteiger partial charge in [-0.2, -0.15) is 0 Å². The number of nitrogen functional groups attached to an aromatic ring is 1. The number of nitrogens with two attached hydrogens (primary N) is 1. The van der Waals surface area contributed by atoms with E-state index in [1.165, 1.54) is 0 Å². The molecular formula is C18H19N3O2. The van der Waals surface area contributed by atoms with Gasteiger partial charge < -0.3 is 14.9 Å². The van der Waals surface area contributed by atoms with Crippen LogP contribution in [0.25, 0.3) is 11.5 Å². The Bertz CT molecular complexity index is 749. The van der Waals surface area contributed by atoms with E-state index in [4.69, 9.17) is 14.9 Å². The molecule has 118 valence electrons. The predicted octanol–water partition coefficient (Wildman–Crippen LogP) is 3.70. The topological polar surface area (TPSA) is 74.2 Å². The second-order valence-electron chi connectivity index (χ2n) is 5.29. The van der Waals surface area contributed by atoms with Crippen LogP contribution in [0.3, 0.4) is 0 Å². The lowest BCUT2D eigenvalue weighted by Crippen LogP contribution is -1.94. The fourth-order valence-electron chi connectivity index (χ4n) is 2.17. The summed E-state index contributed by atoms with van der Waals surface area (Å²) in [7, 11) is 0. The summed E-state index contributed by atoms with van der Waals surface area (Å²) in [6, 6.07) is 15.3. The van der Waals surface area contributed by atoms with Crippen LogP contribution in [0.1, 0.15) is 24.8 Å². The molecule has 2 aromatic carbocycles. The highest BCUT2D eigenvalue weighted by molar-refractivity contribution is 5.54. The molecule has 5 nitrogen and oxygen atoms in total. The van der Waals surface area contributed by atoms with Gasteiger partial charge in [0.25, 0.3) is 0 Å². The van der Waals surface area contributed by atoms with Crippen molar-refractivity contribution in [2.45, 2.75) is 19.8 Å². The lowest BCUT2D eigenvalue weighted by Gasteiger charge is -2.04. The molecular weight excluding hydrogens is 290 g/mol. The Hall–Kier alpha value is -2.82. The first kappa shape index (κ1) is 15.1. The van der Waals surface area contributed by atoms with E-state index in [2.05, 4.69) is 17.1 Å². The number of hydrogen-bond donors (Lipinski definition) is 1. The van der Waals surface area contributed by atoms with Crippen LogP contribution in [0.5, 0.6) is 5.75 Å². The number of nitrogens with zero attached hydrogens (tertiary/aromatic N) is 2. The summed E-state index contributed by atoms with van der Waals surface area (Å²) in [5.41, 5.74) is 8.38. The third kappa shape index (κ3) is 3.88. The van der Waals surface area contributed by atoms with Crippen molar-refractivity contribution in [2.24, 2.45) is 0 Å². The van der Waals surface area contributed by atoms with Crippen LogP contribution in [0.15, 0.2) is 52.9 Å². The molecule has 0 amide bonds. The van der Waals surface area contributed by atoms with Gasteiger partial charge in [0, 0.05) is 11.3 Å². The van der Waals surface area contributed by atoms with Crippen molar-refractivity contribution >= 4 is 5.69 Å². The van der Waals surface area contributed by atoms with Crippen LogP contribution in [-0.4, -0.2) is 16.8 Å². The number of anilines is 1. The molecule has 0 bridgehead atoms. The van der Waals surface area contributed by atoms with Gasteiger partial charge in [-0.1, -0.05) is 19.1 Å². The minimum atomic E-state index is 0.512. The monoisotopic (exact) mass is 309 g/mol. The summed E-state index contributed by atoms with van der Waals surface area (Å²) in [6.45, 7) is 2.79. The van der Waals surface area contributed by atoms with Crippen LogP contribution in [0.4, 0.5) is 5.69 Å². The molecule has 0 aliphatic carbocycles. The van der Waals surface area contributed by atoms with Crippen LogP contribution in [0.2, 0.25) is 0 Å².